The van der Waals surface area contributed by atoms with Crippen LogP contribution in [0.3, 0.4) is 0 Å². The number of hydrogen-bond donors (Lipinski definition) is 1. The van der Waals surface area contributed by atoms with Crippen LogP contribution in [0.1, 0.15) is 66.2 Å². The first-order valence-corrected chi connectivity index (χ1v) is 7.75. The minimum atomic E-state index is -0.482. The normalized spacial score (nSPS) is 19.4. The molecule has 1 aliphatic rings. The Labute approximate surface area is 122 Å². The van der Waals surface area contributed by atoms with Crippen LogP contribution in [0.2, 0.25) is 0 Å². The molecule has 20 heavy (non-hydrogen) atoms. The summed E-state index contributed by atoms with van der Waals surface area (Å²) < 4.78 is 5.19. The Morgan fingerprint density at radius 2 is 1.95 bits per heavy atom. The van der Waals surface area contributed by atoms with Crippen molar-refractivity contribution in [1.82, 2.24) is 5.32 Å². The molecule has 0 spiro atoms. The molecule has 1 rings (SSSR count). The van der Waals surface area contributed by atoms with Gasteiger partial charge in [-0.15, -0.1) is 0 Å². The summed E-state index contributed by atoms with van der Waals surface area (Å²) in [5.74, 6) is 0.0462. The molecule has 116 valence electrons. The fourth-order valence-corrected chi connectivity index (χ4v) is 3.23. The Balaban J connectivity index is 2.42. The predicted octanol–water partition coefficient (Wildman–Crippen LogP) is 3.69. The molecular weight excluding hydrogens is 254 g/mol. The Morgan fingerprint density at radius 1 is 1.35 bits per heavy atom. The van der Waals surface area contributed by atoms with Crippen molar-refractivity contribution in [2.45, 2.75) is 71.8 Å². The SMILES string of the molecule is CCC1(C(C=O)CCNC(=O)OC(C)(C)C)CCCC1. The molecule has 4 nitrogen and oxygen atoms in total. The maximum Gasteiger partial charge on any atom is 0.407 e. The molecule has 1 atom stereocenters. The second-order valence-electron chi connectivity index (χ2n) is 6.88. The predicted molar refractivity (Wildman–Crippen MR) is 79.6 cm³/mol. The summed E-state index contributed by atoms with van der Waals surface area (Å²) >= 11 is 0. The molecule has 1 amide bonds. The summed E-state index contributed by atoms with van der Waals surface area (Å²) in [5.41, 5.74) is -0.318. The molecule has 1 fully saturated rings. The van der Waals surface area contributed by atoms with Crippen LogP contribution in [0.25, 0.3) is 0 Å². The summed E-state index contributed by atoms with van der Waals surface area (Å²) in [7, 11) is 0. The van der Waals surface area contributed by atoms with Gasteiger partial charge in [0.1, 0.15) is 11.9 Å². The number of ether oxygens (including phenoxy) is 1. The third-order valence-electron chi connectivity index (χ3n) is 4.38. The van der Waals surface area contributed by atoms with Gasteiger partial charge in [0, 0.05) is 12.5 Å². The van der Waals surface area contributed by atoms with Gasteiger partial charge in [0.2, 0.25) is 0 Å². The van der Waals surface area contributed by atoms with Crippen molar-refractivity contribution in [2.24, 2.45) is 11.3 Å². The molecule has 0 aromatic carbocycles. The van der Waals surface area contributed by atoms with Crippen LogP contribution < -0.4 is 5.32 Å². The highest BCUT2D eigenvalue weighted by atomic mass is 16.6. The number of amides is 1. The zero-order valence-corrected chi connectivity index (χ0v) is 13.3. The van der Waals surface area contributed by atoms with Crippen molar-refractivity contribution in [3.05, 3.63) is 0 Å². The van der Waals surface area contributed by atoms with E-state index in [1.54, 1.807) is 0 Å². The molecule has 0 aromatic heterocycles. The van der Waals surface area contributed by atoms with Gasteiger partial charge in [0.15, 0.2) is 0 Å². The van der Waals surface area contributed by atoms with Gasteiger partial charge < -0.3 is 14.8 Å². The number of carbonyl (C=O) groups excluding carboxylic acids is 2. The molecular formula is C16H29NO3. The largest absolute Gasteiger partial charge is 0.444 e. The van der Waals surface area contributed by atoms with Gasteiger partial charge in [-0.1, -0.05) is 19.8 Å². The second kappa shape index (κ2) is 7.09. The monoisotopic (exact) mass is 283 g/mol. The maximum absolute atomic E-state index is 11.6. The average Bonchev–Trinajstić information content (AvgIpc) is 2.82. The fourth-order valence-electron chi connectivity index (χ4n) is 3.23. The first kappa shape index (κ1) is 17.0. The third kappa shape index (κ3) is 4.80. The smallest absolute Gasteiger partial charge is 0.407 e. The summed E-state index contributed by atoms with van der Waals surface area (Å²) in [6.07, 6.45) is 7.15. The lowest BCUT2D eigenvalue weighted by atomic mass is 9.71. The molecule has 1 N–H and O–H groups in total. The minimum Gasteiger partial charge on any atom is -0.444 e. The number of aldehydes is 1. The van der Waals surface area contributed by atoms with Crippen LogP contribution in [-0.4, -0.2) is 24.5 Å². The van der Waals surface area contributed by atoms with Gasteiger partial charge in [-0.25, -0.2) is 4.79 Å². The highest BCUT2D eigenvalue weighted by Crippen LogP contribution is 2.47. The van der Waals surface area contributed by atoms with Gasteiger partial charge in [-0.3, -0.25) is 0 Å². The molecule has 0 bridgehead atoms. The molecule has 0 aliphatic heterocycles. The molecule has 0 aromatic rings. The van der Waals surface area contributed by atoms with E-state index in [1.807, 2.05) is 20.8 Å². The van der Waals surface area contributed by atoms with E-state index in [1.165, 1.54) is 12.8 Å². The van der Waals surface area contributed by atoms with Gasteiger partial charge in [-0.05, 0) is 51.9 Å². The number of hydrogen-bond acceptors (Lipinski definition) is 3. The van der Waals surface area contributed by atoms with E-state index in [2.05, 4.69) is 12.2 Å². The number of rotatable bonds is 6. The maximum atomic E-state index is 11.6. The fraction of sp³-hybridized carbons (Fsp3) is 0.875. The Bertz CT molecular complexity index is 327. The van der Waals surface area contributed by atoms with Crippen molar-refractivity contribution < 1.29 is 14.3 Å². The molecule has 1 aliphatic carbocycles. The van der Waals surface area contributed by atoms with E-state index >= 15 is 0 Å². The van der Waals surface area contributed by atoms with Gasteiger partial charge in [-0.2, -0.15) is 0 Å². The van der Waals surface area contributed by atoms with E-state index in [0.717, 1.165) is 25.5 Å². The topological polar surface area (TPSA) is 55.4 Å². The lowest BCUT2D eigenvalue weighted by Gasteiger charge is -2.33. The van der Waals surface area contributed by atoms with Crippen LogP contribution in [-0.2, 0) is 9.53 Å². The minimum absolute atomic E-state index is 0.0462. The van der Waals surface area contributed by atoms with Crippen molar-refractivity contribution in [3.8, 4) is 0 Å². The van der Waals surface area contributed by atoms with Crippen LogP contribution >= 0.6 is 0 Å². The summed E-state index contributed by atoms with van der Waals surface area (Å²) in [4.78, 5) is 23.0. The van der Waals surface area contributed by atoms with E-state index in [4.69, 9.17) is 4.74 Å². The number of carbonyl (C=O) groups is 2. The summed E-state index contributed by atoms with van der Waals surface area (Å²) in [6.45, 7) is 8.19. The second-order valence-corrected chi connectivity index (χ2v) is 6.88. The zero-order valence-electron chi connectivity index (χ0n) is 13.3. The van der Waals surface area contributed by atoms with Crippen LogP contribution in [0.5, 0.6) is 0 Å². The van der Waals surface area contributed by atoms with E-state index < -0.39 is 11.7 Å². The first-order valence-electron chi connectivity index (χ1n) is 7.75. The lowest BCUT2D eigenvalue weighted by molar-refractivity contribution is -0.115. The molecule has 0 saturated heterocycles. The van der Waals surface area contributed by atoms with E-state index in [9.17, 15) is 9.59 Å². The van der Waals surface area contributed by atoms with Crippen LogP contribution in [0.15, 0.2) is 0 Å². The molecule has 0 radical (unpaired) electrons. The molecule has 0 heterocycles. The highest BCUT2D eigenvalue weighted by molar-refractivity contribution is 5.67. The quantitative estimate of drug-likeness (QED) is 0.756. The lowest BCUT2D eigenvalue weighted by Crippen LogP contribution is -2.36. The van der Waals surface area contributed by atoms with Gasteiger partial charge in [0.05, 0.1) is 0 Å². The Morgan fingerprint density at radius 3 is 2.40 bits per heavy atom. The number of nitrogens with one attached hydrogen (secondary N) is 1. The highest BCUT2D eigenvalue weighted by Gasteiger charge is 2.39. The third-order valence-corrected chi connectivity index (χ3v) is 4.38. The first-order chi connectivity index (χ1) is 9.33. The van der Waals surface area contributed by atoms with Crippen molar-refractivity contribution >= 4 is 12.4 Å². The van der Waals surface area contributed by atoms with Crippen LogP contribution in [0.4, 0.5) is 4.79 Å². The summed E-state index contributed by atoms with van der Waals surface area (Å²) in [5, 5.41) is 2.75. The molecule has 1 saturated carbocycles. The van der Waals surface area contributed by atoms with Crippen LogP contribution in [0, 0.1) is 11.3 Å². The molecule has 1 unspecified atom stereocenters. The number of alkyl carbamates (subject to hydrolysis) is 1. The standard InChI is InChI=1S/C16H29NO3/c1-5-16(9-6-7-10-16)13(12-18)8-11-17-14(19)20-15(2,3)4/h12-13H,5-11H2,1-4H3,(H,17,19). The van der Waals surface area contributed by atoms with Gasteiger partial charge >= 0.3 is 6.09 Å². The van der Waals surface area contributed by atoms with Crippen molar-refractivity contribution in [2.75, 3.05) is 6.54 Å². The summed E-state index contributed by atoms with van der Waals surface area (Å²) in [6, 6.07) is 0. The Hall–Kier alpha value is -1.06. The molecule has 4 heteroatoms. The zero-order chi connectivity index (χ0) is 15.2. The van der Waals surface area contributed by atoms with Crippen molar-refractivity contribution in [3.63, 3.8) is 0 Å². The average molecular weight is 283 g/mol. The van der Waals surface area contributed by atoms with E-state index in [0.29, 0.717) is 13.0 Å². The van der Waals surface area contributed by atoms with E-state index in [-0.39, 0.29) is 11.3 Å². The Kier molecular flexibility index (Phi) is 6.03. The van der Waals surface area contributed by atoms with Crippen molar-refractivity contribution in [1.29, 1.82) is 0 Å². The van der Waals surface area contributed by atoms with Gasteiger partial charge in [0.25, 0.3) is 0 Å².